The number of likely N-dealkylation sites (N-methyl/N-ethyl adjacent to an activating group) is 1. The summed E-state index contributed by atoms with van der Waals surface area (Å²) in [5.74, 6) is -0.931. The fraction of sp³-hybridized carbons (Fsp3) is 0.462. The molecule has 1 aliphatic carbocycles. The topological polar surface area (TPSA) is 122 Å². The van der Waals surface area contributed by atoms with Crippen LogP contribution in [0.25, 0.3) is 10.9 Å². The van der Waals surface area contributed by atoms with Gasteiger partial charge in [-0.15, -0.1) is 23.7 Å². The first kappa shape index (κ1) is 29.3. The van der Waals surface area contributed by atoms with Gasteiger partial charge in [0.25, 0.3) is 11.8 Å². The summed E-state index contributed by atoms with van der Waals surface area (Å²) in [5.41, 5.74) is 5.03. The quantitative estimate of drug-likeness (QED) is 0.326. The number of hydrogen-bond acceptors (Lipinski definition) is 7. The molecule has 1 fully saturated rings. The van der Waals surface area contributed by atoms with Gasteiger partial charge >= 0.3 is 0 Å². The van der Waals surface area contributed by atoms with E-state index in [-0.39, 0.29) is 42.1 Å². The van der Waals surface area contributed by atoms with Gasteiger partial charge in [0, 0.05) is 66.4 Å². The zero-order chi connectivity index (χ0) is 27.0. The standard InChI is InChI=1S/C26H32ClN7O3S.ClH/c1-33(2)32-23(35)14-4-6-18(29-24(36)21-12-15-10-16(27)5-7-17(15)28-21)20(11-14)30-25(37)26-31-19-8-9-34(3)13-22(19)38-26;/h5,7,10,12,14,18,20,28H,4,6,8-9,11,13H2,1-3H3,(H,29,36)(H,30,37)(H,32,35);1H/t14-,18-,20+;/m0./s1. The summed E-state index contributed by atoms with van der Waals surface area (Å²) in [6, 6.07) is 6.38. The first-order valence-corrected chi connectivity index (χ1v) is 13.9. The molecule has 3 heterocycles. The Morgan fingerprint density at radius 3 is 2.67 bits per heavy atom. The number of hydrogen-bond donors (Lipinski definition) is 4. The summed E-state index contributed by atoms with van der Waals surface area (Å²) in [4.78, 5) is 50.3. The third kappa shape index (κ3) is 6.72. The molecule has 0 spiro atoms. The van der Waals surface area contributed by atoms with Crippen LogP contribution in [0.1, 0.15) is 50.1 Å². The van der Waals surface area contributed by atoms with Crippen LogP contribution in [0, 0.1) is 5.92 Å². The predicted octanol–water partition coefficient (Wildman–Crippen LogP) is 2.98. The molecule has 3 amide bonds. The number of carbonyl (C=O) groups excluding carboxylic acids is 3. The van der Waals surface area contributed by atoms with Crippen molar-refractivity contribution in [1.29, 1.82) is 0 Å². The Bertz CT molecular complexity index is 1370. The lowest BCUT2D eigenvalue weighted by Crippen LogP contribution is -2.56. The van der Waals surface area contributed by atoms with Gasteiger partial charge in [-0.05, 0) is 50.6 Å². The minimum absolute atomic E-state index is 0. The van der Waals surface area contributed by atoms with Crippen molar-refractivity contribution in [2.24, 2.45) is 5.92 Å². The number of thiazole rings is 1. The highest BCUT2D eigenvalue weighted by molar-refractivity contribution is 7.13. The van der Waals surface area contributed by atoms with Crippen LogP contribution in [-0.2, 0) is 17.8 Å². The molecule has 2 aliphatic rings. The smallest absolute Gasteiger partial charge is 0.280 e. The Hall–Kier alpha value is -2.70. The first-order valence-electron chi connectivity index (χ1n) is 12.7. The number of nitrogens with zero attached hydrogens (tertiary/aromatic N) is 3. The van der Waals surface area contributed by atoms with E-state index in [0.29, 0.717) is 35.0 Å². The number of benzene rings is 1. The van der Waals surface area contributed by atoms with Gasteiger partial charge in [-0.1, -0.05) is 11.6 Å². The lowest BCUT2D eigenvalue weighted by molar-refractivity contribution is -0.130. The monoisotopic (exact) mass is 593 g/mol. The van der Waals surface area contributed by atoms with Crippen molar-refractivity contribution >= 4 is 64.0 Å². The largest absolute Gasteiger partial charge is 0.351 e. The van der Waals surface area contributed by atoms with E-state index in [1.807, 2.05) is 6.07 Å². The highest BCUT2D eigenvalue weighted by Crippen LogP contribution is 2.28. The summed E-state index contributed by atoms with van der Waals surface area (Å²) < 4.78 is 0. The SMILES string of the molecule is CN1CCc2nc(C(=O)N[C@@H]3C[C@@H](C(=O)NN(C)C)CC[C@@H]3NC(=O)c3cc4cc(Cl)ccc4[nH]3)sc2C1.Cl. The van der Waals surface area contributed by atoms with Crippen molar-refractivity contribution in [2.75, 3.05) is 27.7 Å². The molecule has 5 rings (SSSR count). The third-order valence-electron chi connectivity index (χ3n) is 7.13. The maximum atomic E-state index is 13.3. The maximum absolute atomic E-state index is 13.3. The van der Waals surface area contributed by atoms with E-state index in [1.54, 1.807) is 37.3 Å². The van der Waals surface area contributed by atoms with Gasteiger partial charge in [0.1, 0.15) is 5.69 Å². The van der Waals surface area contributed by atoms with E-state index >= 15 is 0 Å². The molecular formula is C26H33Cl2N7O3S. The summed E-state index contributed by atoms with van der Waals surface area (Å²) in [6.07, 6.45) is 2.37. The van der Waals surface area contributed by atoms with E-state index in [4.69, 9.17) is 11.6 Å². The van der Waals surface area contributed by atoms with Crippen LogP contribution in [0.5, 0.6) is 0 Å². The second-order valence-electron chi connectivity index (χ2n) is 10.3. The molecule has 10 nitrogen and oxygen atoms in total. The molecule has 0 unspecified atom stereocenters. The predicted molar refractivity (Wildman–Crippen MR) is 154 cm³/mol. The Morgan fingerprint density at radius 1 is 1.13 bits per heavy atom. The van der Waals surface area contributed by atoms with E-state index in [2.05, 4.69) is 38.0 Å². The number of rotatable bonds is 6. The number of nitrogens with one attached hydrogen (secondary N) is 4. The molecule has 4 N–H and O–H groups in total. The zero-order valence-electron chi connectivity index (χ0n) is 22.0. The van der Waals surface area contributed by atoms with Gasteiger partial charge < -0.3 is 20.5 Å². The van der Waals surface area contributed by atoms with E-state index < -0.39 is 6.04 Å². The summed E-state index contributed by atoms with van der Waals surface area (Å²) in [7, 11) is 5.58. The van der Waals surface area contributed by atoms with Crippen LogP contribution in [0.2, 0.25) is 5.02 Å². The normalized spacial score (nSPS) is 21.2. The molecule has 3 atom stereocenters. The molecule has 1 aliphatic heterocycles. The highest BCUT2D eigenvalue weighted by Gasteiger charge is 2.37. The summed E-state index contributed by atoms with van der Waals surface area (Å²) in [5, 5.41) is 9.65. The summed E-state index contributed by atoms with van der Waals surface area (Å²) in [6.45, 7) is 1.70. The van der Waals surface area contributed by atoms with Gasteiger partial charge in [0.15, 0.2) is 5.01 Å². The van der Waals surface area contributed by atoms with Gasteiger partial charge in [0.2, 0.25) is 5.91 Å². The van der Waals surface area contributed by atoms with Crippen molar-refractivity contribution in [3.05, 3.63) is 50.6 Å². The Kier molecular flexibility index (Phi) is 9.18. The number of aromatic amines is 1. The van der Waals surface area contributed by atoms with Crippen molar-refractivity contribution in [3.8, 4) is 0 Å². The molecule has 0 bridgehead atoms. The van der Waals surface area contributed by atoms with Crippen LogP contribution < -0.4 is 16.1 Å². The van der Waals surface area contributed by atoms with Gasteiger partial charge in [-0.2, -0.15) is 0 Å². The van der Waals surface area contributed by atoms with Crippen LogP contribution in [0.15, 0.2) is 24.3 Å². The molecule has 39 heavy (non-hydrogen) atoms. The number of halogens is 2. The zero-order valence-corrected chi connectivity index (χ0v) is 24.4. The van der Waals surface area contributed by atoms with Crippen molar-refractivity contribution in [1.82, 2.24) is 35.9 Å². The lowest BCUT2D eigenvalue weighted by Gasteiger charge is -2.36. The second kappa shape index (κ2) is 12.2. The van der Waals surface area contributed by atoms with Gasteiger partial charge in [-0.25, -0.2) is 9.99 Å². The summed E-state index contributed by atoms with van der Waals surface area (Å²) >= 11 is 7.51. The lowest BCUT2D eigenvalue weighted by atomic mass is 9.81. The number of fused-ring (bicyclic) bond motifs is 2. The van der Waals surface area contributed by atoms with Crippen molar-refractivity contribution in [2.45, 2.75) is 44.3 Å². The molecule has 0 radical (unpaired) electrons. The van der Waals surface area contributed by atoms with Crippen LogP contribution >= 0.6 is 35.3 Å². The van der Waals surface area contributed by atoms with Crippen LogP contribution in [-0.4, -0.2) is 77.4 Å². The number of hydrazine groups is 1. The fourth-order valence-corrected chi connectivity index (χ4v) is 6.45. The molecule has 2 aromatic heterocycles. The molecule has 3 aromatic rings. The van der Waals surface area contributed by atoms with Crippen LogP contribution in [0.4, 0.5) is 0 Å². The average Bonchev–Trinajstić information content (AvgIpc) is 3.48. The molecule has 13 heteroatoms. The third-order valence-corrected chi connectivity index (χ3v) is 8.45. The number of aromatic nitrogens is 2. The minimum Gasteiger partial charge on any atom is -0.351 e. The average molecular weight is 595 g/mol. The van der Waals surface area contributed by atoms with Gasteiger partial charge in [0.05, 0.1) is 11.7 Å². The highest BCUT2D eigenvalue weighted by atomic mass is 35.5. The number of amides is 3. The Labute approximate surface area is 242 Å². The molecule has 210 valence electrons. The second-order valence-corrected chi connectivity index (χ2v) is 11.9. The van der Waals surface area contributed by atoms with E-state index in [9.17, 15) is 14.4 Å². The Morgan fingerprint density at radius 2 is 1.90 bits per heavy atom. The van der Waals surface area contributed by atoms with Gasteiger partial charge in [-0.3, -0.25) is 19.8 Å². The maximum Gasteiger partial charge on any atom is 0.280 e. The molecule has 0 saturated heterocycles. The Balaban J connectivity index is 0.00000353. The minimum atomic E-state index is -0.430. The van der Waals surface area contributed by atoms with Crippen molar-refractivity contribution < 1.29 is 14.4 Å². The van der Waals surface area contributed by atoms with E-state index in [0.717, 1.165) is 41.0 Å². The van der Waals surface area contributed by atoms with Crippen molar-refractivity contribution in [3.63, 3.8) is 0 Å². The fourth-order valence-electron chi connectivity index (χ4n) is 5.18. The molecular weight excluding hydrogens is 561 g/mol. The molecule has 1 saturated carbocycles. The number of carbonyl (C=O) groups is 3. The van der Waals surface area contributed by atoms with E-state index in [1.165, 1.54) is 11.3 Å². The first-order chi connectivity index (χ1) is 18.2. The van der Waals surface area contributed by atoms with Crippen LogP contribution in [0.3, 0.4) is 0 Å². The molecule has 1 aromatic carbocycles. The number of H-pyrrole nitrogens is 1.